The summed E-state index contributed by atoms with van der Waals surface area (Å²) in [6, 6.07) is 11.0. The first-order valence-electron chi connectivity index (χ1n) is 6.40. The van der Waals surface area contributed by atoms with Gasteiger partial charge >= 0.3 is 0 Å². The van der Waals surface area contributed by atoms with Gasteiger partial charge in [0.15, 0.2) is 5.82 Å². The molecule has 2 rings (SSSR count). The maximum atomic E-state index is 13.8. The molecule has 6 heteroatoms. The molecule has 110 valence electrons. The van der Waals surface area contributed by atoms with Crippen molar-refractivity contribution in [1.29, 1.82) is 0 Å². The van der Waals surface area contributed by atoms with Gasteiger partial charge in [0.25, 0.3) is 5.69 Å². The number of nitrogens with zero attached hydrogens (tertiary/aromatic N) is 1. The molecular weight excluding hydrogens is 295 g/mol. The van der Waals surface area contributed by atoms with Crippen LogP contribution in [0.2, 0.25) is 5.02 Å². The first kappa shape index (κ1) is 15.3. The molecule has 0 saturated heterocycles. The molecule has 2 aromatic rings. The van der Waals surface area contributed by atoms with Crippen LogP contribution in [-0.2, 0) is 6.42 Å². The van der Waals surface area contributed by atoms with Crippen molar-refractivity contribution in [2.45, 2.75) is 19.4 Å². The monoisotopic (exact) mass is 308 g/mol. The zero-order valence-electron chi connectivity index (χ0n) is 11.3. The molecule has 0 aliphatic carbocycles. The first-order valence-corrected chi connectivity index (χ1v) is 6.78. The molecule has 0 radical (unpaired) electrons. The quantitative estimate of drug-likeness (QED) is 0.656. The number of non-ortho nitro benzene ring substituents is 1. The molecule has 1 N–H and O–H groups in total. The molecule has 21 heavy (non-hydrogen) atoms. The lowest BCUT2D eigenvalue weighted by molar-refractivity contribution is -0.385. The van der Waals surface area contributed by atoms with Crippen LogP contribution in [0.3, 0.4) is 0 Å². The van der Waals surface area contributed by atoms with Crippen LogP contribution in [0.1, 0.15) is 12.5 Å². The summed E-state index contributed by atoms with van der Waals surface area (Å²) in [6.07, 6.45) is 0.688. The van der Waals surface area contributed by atoms with Crippen molar-refractivity contribution in [3.8, 4) is 0 Å². The van der Waals surface area contributed by atoms with Crippen LogP contribution >= 0.6 is 11.6 Å². The average molecular weight is 309 g/mol. The molecule has 0 aliphatic heterocycles. The smallest absolute Gasteiger partial charge is 0.272 e. The summed E-state index contributed by atoms with van der Waals surface area (Å²) in [7, 11) is 0. The largest absolute Gasteiger partial charge is 0.380 e. The van der Waals surface area contributed by atoms with Crippen molar-refractivity contribution in [1.82, 2.24) is 0 Å². The number of nitro benzene ring substituents is 1. The Bertz CT molecular complexity index is 647. The summed E-state index contributed by atoms with van der Waals surface area (Å²) in [5.41, 5.74) is 1.06. The number of anilines is 1. The van der Waals surface area contributed by atoms with E-state index in [0.717, 1.165) is 11.6 Å². The van der Waals surface area contributed by atoms with Gasteiger partial charge in [-0.3, -0.25) is 10.1 Å². The van der Waals surface area contributed by atoms with Gasteiger partial charge in [0.2, 0.25) is 0 Å². The van der Waals surface area contributed by atoms with Gasteiger partial charge in [-0.25, -0.2) is 4.39 Å². The van der Waals surface area contributed by atoms with Crippen molar-refractivity contribution in [2.75, 3.05) is 5.32 Å². The minimum absolute atomic E-state index is 0.0258. The van der Waals surface area contributed by atoms with E-state index in [9.17, 15) is 14.5 Å². The van der Waals surface area contributed by atoms with Crippen LogP contribution in [0.25, 0.3) is 0 Å². The van der Waals surface area contributed by atoms with Crippen molar-refractivity contribution in [3.05, 3.63) is 69.0 Å². The van der Waals surface area contributed by atoms with Gasteiger partial charge in [0.05, 0.1) is 16.7 Å². The lowest BCUT2D eigenvalue weighted by Gasteiger charge is -2.16. The zero-order chi connectivity index (χ0) is 15.4. The normalized spacial score (nSPS) is 12.0. The number of halogens is 2. The summed E-state index contributed by atoms with van der Waals surface area (Å²) in [5, 5.41) is 14.2. The predicted molar refractivity (Wildman–Crippen MR) is 81.3 cm³/mol. The Balaban J connectivity index is 2.04. The van der Waals surface area contributed by atoms with E-state index in [1.54, 1.807) is 12.1 Å². The van der Waals surface area contributed by atoms with Crippen molar-refractivity contribution in [2.24, 2.45) is 0 Å². The Morgan fingerprint density at radius 1 is 1.29 bits per heavy atom. The maximum Gasteiger partial charge on any atom is 0.272 e. The van der Waals surface area contributed by atoms with Crippen molar-refractivity contribution in [3.63, 3.8) is 0 Å². The maximum absolute atomic E-state index is 13.8. The van der Waals surface area contributed by atoms with Gasteiger partial charge in [0.1, 0.15) is 0 Å². The SMILES string of the molecule is CC(Cc1ccc(Cl)cc1)Nc1ccc([N+](=O)[O-])cc1F. The third-order valence-electron chi connectivity index (χ3n) is 3.02. The Hall–Kier alpha value is -2.14. The van der Waals surface area contributed by atoms with Crippen LogP contribution in [0, 0.1) is 15.9 Å². The lowest BCUT2D eigenvalue weighted by atomic mass is 10.1. The lowest BCUT2D eigenvalue weighted by Crippen LogP contribution is -2.18. The van der Waals surface area contributed by atoms with E-state index >= 15 is 0 Å². The molecular formula is C15H14ClFN2O2. The summed E-state index contributed by atoms with van der Waals surface area (Å²) < 4.78 is 13.8. The van der Waals surface area contributed by atoms with Gasteiger partial charge in [-0.1, -0.05) is 23.7 Å². The summed E-state index contributed by atoms with van der Waals surface area (Å²) >= 11 is 5.82. The van der Waals surface area contributed by atoms with E-state index in [0.29, 0.717) is 11.4 Å². The van der Waals surface area contributed by atoms with E-state index < -0.39 is 10.7 Å². The third-order valence-corrected chi connectivity index (χ3v) is 3.27. The predicted octanol–water partition coefficient (Wildman–Crippen LogP) is 4.43. The minimum atomic E-state index is -0.632. The second-order valence-electron chi connectivity index (χ2n) is 4.80. The number of nitrogens with one attached hydrogen (secondary N) is 1. The zero-order valence-corrected chi connectivity index (χ0v) is 12.1. The van der Waals surface area contributed by atoms with Crippen molar-refractivity contribution >= 4 is 23.0 Å². The molecule has 1 unspecified atom stereocenters. The Labute approximate surface area is 126 Å². The van der Waals surface area contributed by atoms with Crippen LogP contribution in [0.4, 0.5) is 15.8 Å². The van der Waals surface area contributed by atoms with Crippen LogP contribution < -0.4 is 5.32 Å². The van der Waals surface area contributed by atoms with Gasteiger partial charge < -0.3 is 5.32 Å². The van der Waals surface area contributed by atoms with Gasteiger partial charge in [-0.05, 0) is 37.1 Å². The molecule has 0 aliphatic rings. The van der Waals surface area contributed by atoms with E-state index in [1.165, 1.54) is 12.1 Å². The summed E-state index contributed by atoms with van der Waals surface area (Å²) in [4.78, 5) is 9.94. The van der Waals surface area contributed by atoms with Gasteiger partial charge in [-0.2, -0.15) is 0 Å². The third kappa shape index (κ3) is 4.16. The summed E-state index contributed by atoms with van der Waals surface area (Å²) in [6.45, 7) is 1.91. The summed E-state index contributed by atoms with van der Waals surface area (Å²) in [5.74, 6) is -0.632. The fourth-order valence-electron chi connectivity index (χ4n) is 2.03. The molecule has 0 heterocycles. The topological polar surface area (TPSA) is 55.2 Å². The Kier molecular flexibility index (Phi) is 4.75. The Morgan fingerprint density at radius 3 is 2.52 bits per heavy atom. The van der Waals surface area contributed by atoms with E-state index in [2.05, 4.69) is 5.32 Å². The molecule has 1 atom stereocenters. The second kappa shape index (κ2) is 6.54. The van der Waals surface area contributed by atoms with Crippen molar-refractivity contribution < 1.29 is 9.31 Å². The highest BCUT2D eigenvalue weighted by Gasteiger charge is 2.12. The molecule has 0 fully saturated rings. The van der Waals surface area contributed by atoms with Gasteiger partial charge in [0, 0.05) is 17.1 Å². The van der Waals surface area contributed by atoms with E-state index in [4.69, 9.17) is 11.6 Å². The average Bonchev–Trinajstić information content (AvgIpc) is 2.43. The minimum Gasteiger partial charge on any atom is -0.380 e. The van der Waals surface area contributed by atoms with Crippen LogP contribution in [0.5, 0.6) is 0 Å². The van der Waals surface area contributed by atoms with E-state index in [1.807, 2.05) is 19.1 Å². The van der Waals surface area contributed by atoms with E-state index in [-0.39, 0.29) is 17.4 Å². The van der Waals surface area contributed by atoms with Gasteiger partial charge in [-0.15, -0.1) is 0 Å². The first-order chi connectivity index (χ1) is 9.95. The molecule has 0 aromatic heterocycles. The highest BCUT2D eigenvalue weighted by molar-refractivity contribution is 6.30. The number of rotatable bonds is 5. The fraction of sp³-hybridized carbons (Fsp3) is 0.200. The number of benzene rings is 2. The number of hydrogen-bond acceptors (Lipinski definition) is 3. The molecule has 0 spiro atoms. The molecule has 4 nitrogen and oxygen atoms in total. The van der Waals surface area contributed by atoms with Crippen LogP contribution in [-0.4, -0.2) is 11.0 Å². The fourth-order valence-corrected chi connectivity index (χ4v) is 2.15. The second-order valence-corrected chi connectivity index (χ2v) is 5.23. The van der Waals surface area contributed by atoms with Crippen LogP contribution in [0.15, 0.2) is 42.5 Å². The number of nitro groups is 1. The standard InChI is InChI=1S/C15H14ClFN2O2/c1-10(8-11-2-4-12(16)5-3-11)18-15-7-6-13(19(20)21)9-14(15)17/h2-7,9-10,18H,8H2,1H3. The molecule has 0 saturated carbocycles. The molecule has 0 amide bonds. The molecule has 0 bridgehead atoms. The number of hydrogen-bond donors (Lipinski definition) is 1. The molecule has 2 aromatic carbocycles. The highest BCUT2D eigenvalue weighted by atomic mass is 35.5. The highest BCUT2D eigenvalue weighted by Crippen LogP contribution is 2.22. The Morgan fingerprint density at radius 2 is 1.95 bits per heavy atom.